The minimum absolute atomic E-state index is 0.0453. The molecule has 0 saturated carbocycles. The van der Waals surface area contributed by atoms with Gasteiger partial charge in [0.05, 0.1) is 25.0 Å². The van der Waals surface area contributed by atoms with Crippen molar-refractivity contribution in [2.75, 3.05) is 13.2 Å². The fourth-order valence-corrected chi connectivity index (χ4v) is 2.79. The number of imidazole rings is 1. The number of aromatic nitrogens is 2. The van der Waals surface area contributed by atoms with Crippen LogP contribution in [0.1, 0.15) is 37.9 Å². The number of fused-ring (bicyclic) bond motifs is 1. The number of ether oxygens (including phenoxy) is 1. The van der Waals surface area contributed by atoms with Gasteiger partial charge < -0.3 is 14.2 Å². The van der Waals surface area contributed by atoms with E-state index in [0.717, 1.165) is 11.3 Å². The van der Waals surface area contributed by atoms with Crippen molar-refractivity contribution in [2.45, 2.75) is 33.9 Å². The predicted molar refractivity (Wildman–Crippen MR) is 101 cm³/mol. The van der Waals surface area contributed by atoms with E-state index in [2.05, 4.69) is 16.8 Å². The number of halogens is 1. The van der Waals surface area contributed by atoms with Crippen molar-refractivity contribution in [1.29, 1.82) is 0 Å². The van der Waals surface area contributed by atoms with Crippen molar-refractivity contribution >= 4 is 17.7 Å². The van der Waals surface area contributed by atoms with Gasteiger partial charge in [-0.1, -0.05) is 44.4 Å². The summed E-state index contributed by atoms with van der Waals surface area (Å²) in [5.74, 6) is 6.88. The summed E-state index contributed by atoms with van der Waals surface area (Å²) in [6, 6.07) is 7.42. The summed E-state index contributed by atoms with van der Waals surface area (Å²) in [7, 11) is 0. The topological polar surface area (TPSA) is 47.4 Å². The van der Waals surface area contributed by atoms with E-state index in [4.69, 9.17) is 16.3 Å². The lowest BCUT2D eigenvalue weighted by Gasteiger charge is -2.29. The zero-order valence-corrected chi connectivity index (χ0v) is 16.0. The molecule has 0 unspecified atom stereocenters. The molecule has 6 heteroatoms. The van der Waals surface area contributed by atoms with Gasteiger partial charge in [0.1, 0.15) is 0 Å². The Morgan fingerprint density at radius 2 is 2.12 bits per heavy atom. The van der Waals surface area contributed by atoms with E-state index in [-0.39, 0.29) is 11.5 Å². The average molecular weight is 372 g/mol. The van der Waals surface area contributed by atoms with Crippen LogP contribution in [0.2, 0.25) is 5.02 Å². The highest BCUT2D eigenvalue weighted by Gasteiger charge is 2.25. The highest BCUT2D eigenvalue weighted by Crippen LogP contribution is 2.18. The number of nitrogens with zero attached hydrogens (tertiary/aromatic N) is 3. The number of carbonyl (C=O) groups excluding carboxylic acids is 1. The maximum absolute atomic E-state index is 12.2. The smallest absolute Gasteiger partial charge is 0.410 e. The van der Waals surface area contributed by atoms with E-state index in [1.54, 1.807) is 11.1 Å². The summed E-state index contributed by atoms with van der Waals surface area (Å²) >= 11 is 5.98. The SMILES string of the molecule is CC(C)(C)COC(=O)N1CCn2c(cnc2C#Cc2cccc(Cl)c2)C1. The summed E-state index contributed by atoms with van der Waals surface area (Å²) in [6.45, 7) is 8.23. The molecule has 1 aromatic heterocycles. The third-order valence-corrected chi connectivity index (χ3v) is 4.15. The van der Waals surface area contributed by atoms with Gasteiger partial charge in [0.25, 0.3) is 0 Å². The van der Waals surface area contributed by atoms with Crippen LogP contribution in [0, 0.1) is 17.3 Å². The Bertz CT molecular complexity index is 871. The molecule has 0 saturated heterocycles. The normalized spacial score (nSPS) is 13.6. The van der Waals surface area contributed by atoms with Crippen molar-refractivity contribution in [3.05, 3.63) is 52.6 Å². The lowest BCUT2D eigenvalue weighted by molar-refractivity contribution is 0.0651. The summed E-state index contributed by atoms with van der Waals surface area (Å²) < 4.78 is 7.45. The van der Waals surface area contributed by atoms with Gasteiger partial charge in [0.2, 0.25) is 0 Å². The number of carbonyl (C=O) groups is 1. The van der Waals surface area contributed by atoms with E-state index in [9.17, 15) is 4.79 Å². The molecule has 5 nitrogen and oxygen atoms in total. The summed E-state index contributed by atoms with van der Waals surface area (Å²) in [5.41, 5.74) is 1.76. The average Bonchev–Trinajstić information content (AvgIpc) is 2.99. The number of hydrogen-bond acceptors (Lipinski definition) is 3. The van der Waals surface area contributed by atoms with E-state index >= 15 is 0 Å². The number of amides is 1. The highest BCUT2D eigenvalue weighted by molar-refractivity contribution is 6.30. The van der Waals surface area contributed by atoms with Gasteiger partial charge >= 0.3 is 6.09 Å². The molecule has 1 amide bonds. The van der Waals surface area contributed by atoms with Crippen LogP contribution in [0.25, 0.3) is 0 Å². The summed E-state index contributed by atoms with van der Waals surface area (Å²) in [5, 5.41) is 0.659. The monoisotopic (exact) mass is 371 g/mol. The third-order valence-electron chi connectivity index (χ3n) is 3.91. The molecule has 3 rings (SSSR count). The van der Waals surface area contributed by atoms with Gasteiger partial charge in [0.15, 0.2) is 5.82 Å². The van der Waals surface area contributed by atoms with E-state index < -0.39 is 0 Å². The molecule has 0 radical (unpaired) electrons. The van der Waals surface area contributed by atoms with Crippen LogP contribution >= 0.6 is 11.6 Å². The largest absolute Gasteiger partial charge is 0.449 e. The maximum atomic E-state index is 12.2. The minimum atomic E-state index is -0.279. The van der Waals surface area contributed by atoms with Crippen LogP contribution in [-0.2, 0) is 17.8 Å². The fraction of sp³-hybridized carbons (Fsp3) is 0.400. The first-order valence-corrected chi connectivity index (χ1v) is 8.93. The van der Waals surface area contributed by atoms with Crippen molar-refractivity contribution in [1.82, 2.24) is 14.5 Å². The van der Waals surface area contributed by atoms with Gasteiger partial charge in [-0.25, -0.2) is 9.78 Å². The van der Waals surface area contributed by atoms with Gasteiger partial charge in [-0.15, -0.1) is 0 Å². The number of hydrogen-bond donors (Lipinski definition) is 0. The molecule has 1 aliphatic rings. The lowest BCUT2D eigenvalue weighted by Crippen LogP contribution is -2.39. The summed E-state index contributed by atoms with van der Waals surface area (Å²) in [4.78, 5) is 18.3. The van der Waals surface area contributed by atoms with Gasteiger partial charge in [-0.2, -0.15) is 0 Å². The first kappa shape index (κ1) is 18.3. The van der Waals surface area contributed by atoms with E-state index in [1.807, 2.05) is 49.6 Å². The minimum Gasteiger partial charge on any atom is -0.449 e. The molecule has 2 heterocycles. The molecule has 136 valence electrons. The quantitative estimate of drug-likeness (QED) is 0.713. The molecule has 0 atom stereocenters. The van der Waals surface area contributed by atoms with Crippen LogP contribution in [0.4, 0.5) is 4.79 Å². The van der Waals surface area contributed by atoms with E-state index in [1.165, 1.54) is 0 Å². The van der Waals surface area contributed by atoms with Crippen LogP contribution in [0.3, 0.4) is 0 Å². The standard InChI is InChI=1S/C20H22ClN3O2/c1-20(2,3)14-26-19(25)23-9-10-24-17(13-23)12-22-18(24)8-7-15-5-4-6-16(21)11-15/h4-6,11-12H,9-10,13-14H2,1-3H3. The Morgan fingerprint density at radius 3 is 2.85 bits per heavy atom. The predicted octanol–water partition coefficient (Wildman–Crippen LogP) is 3.93. The van der Waals surface area contributed by atoms with E-state index in [0.29, 0.717) is 37.1 Å². The van der Waals surface area contributed by atoms with Gasteiger partial charge in [-0.05, 0) is 29.5 Å². The second-order valence-electron chi connectivity index (χ2n) is 7.52. The van der Waals surface area contributed by atoms with Crippen LogP contribution < -0.4 is 0 Å². The molecule has 1 aliphatic heterocycles. The zero-order valence-electron chi connectivity index (χ0n) is 15.3. The summed E-state index contributed by atoms with van der Waals surface area (Å²) in [6.07, 6.45) is 1.49. The Hall–Kier alpha value is -2.45. The molecule has 1 aromatic carbocycles. The first-order chi connectivity index (χ1) is 12.3. The molecule has 26 heavy (non-hydrogen) atoms. The lowest BCUT2D eigenvalue weighted by atomic mass is 9.99. The molecule has 0 aliphatic carbocycles. The Labute approximate surface area is 158 Å². The first-order valence-electron chi connectivity index (χ1n) is 8.55. The fourth-order valence-electron chi connectivity index (χ4n) is 2.60. The van der Waals surface area contributed by atoms with Crippen LogP contribution in [-0.4, -0.2) is 33.7 Å². The Morgan fingerprint density at radius 1 is 1.31 bits per heavy atom. The number of benzene rings is 1. The highest BCUT2D eigenvalue weighted by atomic mass is 35.5. The Balaban J connectivity index is 1.68. The molecule has 2 aromatic rings. The van der Waals surface area contributed by atoms with Crippen LogP contribution in [0.15, 0.2) is 30.5 Å². The maximum Gasteiger partial charge on any atom is 0.410 e. The van der Waals surface area contributed by atoms with Crippen molar-refractivity contribution < 1.29 is 9.53 Å². The molecule has 0 bridgehead atoms. The van der Waals surface area contributed by atoms with Gasteiger partial charge in [0, 0.05) is 23.7 Å². The second-order valence-corrected chi connectivity index (χ2v) is 7.96. The van der Waals surface area contributed by atoms with Crippen molar-refractivity contribution in [2.24, 2.45) is 5.41 Å². The molecule has 0 fully saturated rings. The third kappa shape index (κ3) is 4.59. The van der Waals surface area contributed by atoms with Crippen molar-refractivity contribution in [3.8, 4) is 11.8 Å². The molecular formula is C20H22ClN3O2. The molecular weight excluding hydrogens is 350 g/mol. The Kier molecular flexibility index (Phi) is 5.24. The molecule has 0 spiro atoms. The molecule has 0 N–H and O–H groups in total. The van der Waals surface area contributed by atoms with Crippen LogP contribution in [0.5, 0.6) is 0 Å². The van der Waals surface area contributed by atoms with Gasteiger partial charge in [-0.3, -0.25) is 0 Å². The zero-order chi connectivity index (χ0) is 18.7. The second kappa shape index (κ2) is 7.43. The number of rotatable bonds is 1. The van der Waals surface area contributed by atoms with Crippen molar-refractivity contribution in [3.63, 3.8) is 0 Å².